The molecule has 0 atom stereocenters. The van der Waals surface area contributed by atoms with Gasteiger partial charge in [-0.15, -0.1) is 0 Å². The standard InChI is InChI=1S/C20H20N6O4S/c1-30-14-8-6-13(7-9-14)19-23-17(24-25-19)12-22-18(27)10-11-21-20-15-4-2-3-5-16(15)31(28,29)26-20/h2-9H,10-12H2,1H3,(H,21,26)(H,22,27)(H,23,24,25). The Kier molecular flexibility index (Phi) is 5.67. The summed E-state index contributed by atoms with van der Waals surface area (Å²) in [7, 11) is -1.99. The lowest BCUT2D eigenvalue weighted by atomic mass is 10.2. The highest BCUT2D eigenvalue weighted by molar-refractivity contribution is 7.90. The molecule has 0 aliphatic carbocycles. The van der Waals surface area contributed by atoms with Crippen LogP contribution in [0.15, 0.2) is 58.4 Å². The number of ether oxygens (including phenoxy) is 1. The van der Waals surface area contributed by atoms with E-state index in [1.54, 1.807) is 25.3 Å². The molecule has 3 N–H and O–H groups in total. The van der Waals surface area contributed by atoms with Gasteiger partial charge in [0.25, 0.3) is 10.0 Å². The number of hydrogen-bond donors (Lipinski definition) is 3. The minimum atomic E-state index is -3.58. The van der Waals surface area contributed by atoms with Gasteiger partial charge >= 0.3 is 0 Å². The Balaban J connectivity index is 1.30. The molecule has 31 heavy (non-hydrogen) atoms. The van der Waals surface area contributed by atoms with Crippen LogP contribution in [0.5, 0.6) is 5.75 Å². The Morgan fingerprint density at radius 1 is 1.16 bits per heavy atom. The summed E-state index contributed by atoms with van der Waals surface area (Å²) in [6, 6.07) is 13.9. The molecular formula is C20H20N6O4S. The Labute approximate surface area is 178 Å². The van der Waals surface area contributed by atoms with E-state index in [2.05, 4.69) is 30.2 Å². The number of benzene rings is 2. The third kappa shape index (κ3) is 4.56. The highest BCUT2D eigenvalue weighted by Gasteiger charge is 2.29. The first kappa shape index (κ1) is 20.5. The quantitative estimate of drug-likeness (QED) is 0.505. The fourth-order valence-electron chi connectivity index (χ4n) is 3.03. The van der Waals surface area contributed by atoms with Gasteiger partial charge in [0.05, 0.1) is 25.1 Å². The highest BCUT2D eigenvalue weighted by atomic mass is 32.2. The van der Waals surface area contributed by atoms with Crippen LogP contribution in [0.2, 0.25) is 0 Å². The molecule has 2 heterocycles. The van der Waals surface area contributed by atoms with Crippen molar-refractivity contribution < 1.29 is 17.9 Å². The topological polar surface area (TPSA) is 138 Å². The van der Waals surface area contributed by atoms with Crippen molar-refractivity contribution in [1.29, 1.82) is 0 Å². The van der Waals surface area contributed by atoms with Crippen molar-refractivity contribution in [3.05, 3.63) is 59.9 Å². The predicted octanol–water partition coefficient (Wildman–Crippen LogP) is 1.23. The second-order valence-corrected chi connectivity index (χ2v) is 8.34. The van der Waals surface area contributed by atoms with Crippen molar-refractivity contribution in [2.45, 2.75) is 17.9 Å². The first-order chi connectivity index (χ1) is 15.0. The first-order valence-corrected chi connectivity index (χ1v) is 10.9. The van der Waals surface area contributed by atoms with E-state index in [0.29, 0.717) is 17.2 Å². The van der Waals surface area contributed by atoms with Crippen LogP contribution in [-0.4, -0.2) is 49.0 Å². The number of carbonyl (C=O) groups is 1. The fourth-order valence-corrected chi connectivity index (χ4v) is 4.29. The third-order valence-corrected chi connectivity index (χ3v) is 6.00. The zero-order valence-corrected chi connectivity index (χ0v) is 17.4. The maximum atomic E-state index is 12.1. The van der Waals surface area contributed by atoms with Crippen LogP contribution in [0.1, 0.15) is 17.8 Å². The van der Waals surface area contributed by atoms with Crippen LogP contribution in [-0.2, 0) is 21.4 Å². The van der Waals surface area contributed by atoms with Gasteiger partial charge in [0, 0.05) is 17.5 Å². The van der Waals surface area contributed by atoms with Crippen LogP contribution in [0, 0.1) is 0 Å². The van der Waals surface area contributed by atoms with E-state index in [1.807, 2.05) is 24.3 Å². The van der Waals surface area contributed by atoms with Crippen LogP contribution in [0.3, 0.4) is 0 Å². The van der Waals surface area contributed by atoms with Crippen molar-refractivity contribution in [2.24, 2.45) is 4.99 Å². The zero-order valence-electron chi connectivity index (χ0n) is 16.6. The summed E-state index contributed by atoms with van der Waals surface area (Å²) < 4.78 is 31.7. The number of aliphatic imine (C=N–C) groups is 1. The number of nitrogens with zero attached hydrogens (tertiary/aromatic N) is 3. The van der Waals surface area contributed by atoms with Crippen LogP contribution in [0.4, 0.5) is 0 Å². The number of methoxy groups -OCH3 is 1. The van der Waals surface area contributed by atoms with E-state index in [9.17, 15) is 13.2 Å². The van der Waals surface area contributed by atoms with E-state index in [0.717, 1.165) is 11.3 Å². The van der Waals surface area contributed by atoms with Crippen molar-refractivity contribution >= 4 is 21.8 Å². The van der Waals surface area contributed by atoms with Crippen LogP contribution >= 0.6 is 0 Å². The Morgan fingerprint density at radius 3 is 2.71 bits per heavy atom. The molecule has 0 fully saturated rings. The molecule has 1 aromatic heterocycles. The number of fused-ring (bicyclic) bond motifs is 1. The Morgan fingerprint density at radius 2 is 1.94 bits per heavy atom. The number of rotatable bonds is 7. The lowest BCUT2D eigenvalue weighted by Crippen LogP contribution is -2.25. The Hall–Kier alpha value is -3.73. The molecule has 1 amide bonds. The van der Waals surface area contributed by atoms with Crippen molar-refractivity contribution in [1.82, 2.24) is 25.2 Å². The third-order valence-electron chi connectivity index (χ3n) is 4.60. The van der Waals surface area contributed by atoms with Crippen molar-refractivity contribution in [2.75, 3.05) is 13.7 Å². The molecule has 1 aliphatic heterocycles. The summed E-state index contributed by atoms with van der Waals surface area (Å²) in [5.41, 5.74) is 1.33. The second-order valence-electron chi connectivity index (χ2n) is 6.69. The monoisotopic (exact) mass is 440 g/mol. The van der Waals surface area contributed by atoms with Crippen LogP contribution in [0.25, 0.3) is 11.4 Å². The molecule has 160 valence electrons. The number of aromatic amines is 1. The van der Waals surface area contributed by atoms with E-state index in [-0.39, 0.29) is 36.1 Å². The molecule has 3 aromatic rings. The fraction of sp³-hybridized carbons (Fsp3) is 0.200. The minimum absolute atomic E-state index is 0.104. The number of amides is 1. The molecule has 0 spiro atoms. The molecule has 1 aliphatic rings. The largest absolute Gasteiger partial charge is 0.497 e. The number of H-pyrrole nitrogens is 1. The minimum Gasteiger partial charge on any atom is -0.497 e. The number of sulfonamides is 1. The summed E-state index contributed by atoms with van der Waals surface area (Å²) in [6.07, 6.45) is 0.104. The van der Waals surface area contributed by atoms with Gasteiger partial charge in [-0.1, -0.05) is 12.1 Å². The van der Waals surface area contributed by atoms with Crippen molar-refractivity contribution in [3.8, 4) is 17.1 Å². The number of carbonyl (C=O) groups excluding carboxylic acids is 1. The summed E-state index contributed by atoms with van der Waals surface area (Å²) in [5.74, 6) is 1.79. The Bertz CT molecular complexity index is 1230. The molecule has 0 bridgehead atoms. The van der Waals surface area contributed by atoms with E-state index in [1.165, 1.54) is 6.07 Å². The maximum absolute atomic E-state index is 12.1. The number of amidine groups is 1. The predicted molar refractivity (Wildman–Crippen MR) is 113 cm³/mol. The number of nitrogens with one attached hydrogen (secondary N) is 3. The molecule has 4 rings (SSSR count). The van der Waals surface area contributed by atoms with E-state index < -0.39 is 10.0 Å². The summed E-state index contributed by atoms with van der Waals surface area (Å²) >= 11 is 0. The summed E-state index contributed by atoms with van der Waals surface area (Å²) in [6.45, 7) is 0.333. The molecule has 2 aromatic carbocycles. The summed E-state index contributed by atoms with van der Waals surface area (Å²) in [5, 5.41) is 9.69. The number of hydrogen-bond acceptors (Lipinski definition) is 7. The number of aromatic nitrogens is 3. The van der Waals surface area contributed by atoms with Gasteiger partial charge < -0.3 is 10.1 Å². The highest BCUT2D eigenvalue weighted by Crippen LogP contribution is 2.22. The van der Waals surface area contributed by atoms with E-state index >= 15 is 0 Å². The molecule has 11 heteroatoms. The second kappa shape index (κ2) is 8.56. The molecular weight excluding hydrogens is 420 g/mol. The molecule has 10 nitrogen and oxygen atoms in total. The molecule has 0 saturated heterocycles. The van der Waals surface area contributed by atoms with Gasteiger partial charge in [-0.05, 0) is 36.4 Å². The normalized spacial score (nSPS) is 15.3. The first-order valence-electron chi connectivity index (χ1n) is 9.45. The lowest BCUT2D eigenvalue weighted by molar-refractivity contribution is -0.121. The zero-order chi connectivity index (χ0) is 21.8. The van der Waals surface area contributed by atoms with Crippen molar-refractivity contribution in [3.63, 3.8) is 0 Å². The van der Waals surface area contributed by atoms with E-state index in [4.69, 9.17) is 4.74 Å². The van der Waals surface area contributed by atoms with Crippen LogP contribution < -0.4 is 14.8 Å². The van der Waals surface area contributed by atoms with Gasteiger partial charge in [0.1, 0.15) is 17.4 Å². The van der Waals surface area contributed by atoms with Gasteiger partial charge in [0.15, 0.2) is 5.82 Å². The lowest BCUT2D eigenvalue weighted by Gasteiger charge is -2.02. The average molecular weight is 440 g/mol. The SMILES string of the molecule is COc1ccc(-c2n[nH]c(CNC(=O)CCN=C3NS(=O)(=O)c4ccccc43)n2)cc1. The molecule has 0 unspecified atom stereocenters. The van der Waals surface area contributed by atoms with Gasteiger partial charge in [-0.3, -0.25) is 19.6 Å². The van der Waals surface area contributed by atoms with Gasteiger partial charge in [-0.2, -0.15) is 5.10 Å². The van der Waals surface area contributed by atoms with Gasteiger partial charge in [-0.25, -0.2) is 13.4 Å². The van der Waals surface area contributed by atoms with Gasteiger partial charge in [0.2, 0.25) is 5.91 Å². The molecule has 0 radical (unpaired) electrons. The maximum Gasteiger partial charge on any atom is 0.263 e. The summed E-state index contributed by atoms with van der Waals surface area (Å²) in [4.78, 5) is 20.9. The average Bonchev–Trinajstić information content (AvgIpc) is 3.35. The molecule has 0 saturated carbocycles. The smallest absolute Gasteiger partial charge is 0.263 e.